The van der Waals surface area contributed by atoms with E-state index in [9.17, 15) is 28.0 Å². The Balaban J connectivity index is 1.97. The molecule has 0 radical (unpaired) electrons. The third-order valence-electron chi connectivity index (χ3n) is 6.62. The van der Waals surface area contributed by atoms with Crippen LogP contribution in [-0.4, -0.2) is 43.6 Å². The highest BCUT2D eigenvalue weighted by Gasteiger charge is 2.30. The van der Waals surface area contributed by atoms with Crippen LogP contribution in [-0.2, 0) is 0 Å². The number of pyridine rings is 1. The lowest BCUT2D eigenvalue weighted by atomic mass is 9.86. The van der Waals surface area contributed by atoms with Gasteiger partial charge in [-0.1, -0.05) is 35.9 Å². The van der Waals surface area contributed by atoms with Crippen molar-refractivity contribution in [1.82, 2.24) is 10.3 Å². The molecular weight excluding hydrogens is 549 g/mol. The number of fused-ring (bicyclic) bond motifs is 1. The Labute approximate surface area is 240 Å². The highest BCUT2D eigenvalue weighted by molar-refractivity contribution is 6.12. The van der Waals surface area contributed by atoms with Crippen molar-refractivity contribution in [3.8, 4) is 34.3 Å². The molecule has 0 bridgehead atoms. The Morgan fingerprint density at radius 1 is 1.07 bits per heavy atom. The number of nitrogens with zero attached hydrogens (tertiary/aromatic N) is 2. The van der Waals surface area contributed by atoms with E-state index in [4.69, 9.17) is 9.15 Å². The number of carbonyl (C=O) groups excluding carboxylic acids is 2. The normalized spacial score (nSPS) is 11.7. The van der Waals surface area contributed by atoms with E-state index < -0.39 is 24.0 Å². The molecule has 0 aliphatic heterocycles. The van der Waals surface area contributed by atoms with Crippen LogP contribution in [0.3, 0.4) is 0 Å². The number of carbonyl (C=O) groups is 2. The first-order chi connectivity index (χ1) is 19.8. The third kappa shape index (κ3) is 6.38. The lowest BCUT2D eigenvalue weighted by Gasteiger charge is -2.17. The number of halogens is 3. The van der Waals surface area contributed by atoms with E-state index in [-0.39, 0.29) is 57.3 Å². The topological polar surface area (TPSA) is 117 Å². The van der Waals surface area contributed by atoms with Crippen molar-refractivity contribution in [2.75, 3.05) is 26.0 Å². The molecule has 2 N–H and O–H groups in total. The summed E-state index contributed by atoms with van der Waals surface area (Å²) in [6.45, 7) is 3.78. The molecular formula is C31H29F3N4O4. The molecule has 2 heterocycles. The molecule has 42 heavy (non-hydrogen) atoms. The Bertz CT molecular complexity index is 1700. The van der Waals surface area contributed by atoms with Crippen LogP contribution in [0.25, 0.3) is 33.6 Å². The van der Waals surface area contributed by atoms with Crippen molar-refractivity contribution in [3.05, 3.63) is 65.2 Å². The first kappa shape index (κ1) is 30.1. The molecule has 0 spiro atoms. The molecule has 218 valence electrons. The van der Waals surface area contributed by atoms with Crippen molar-refractivity contribution in [3.63, 3.8) is 0 Å². The van der Waals surface area contributed by atoms with Crippen molar-refractivity contribution < 1.29 is 31.9 Å². The predicted molar refractivity (Wildman–Crippen MR) is 152 cm³/mol. The summed E-state index contributed by atoms with van der Waals surface area (Å²) < 4.78 is 51.2. The summed E-state index contributed by atoms with van der Waals surface area (Å²) in [7, 11) is 2.84. The standard InChI is InChI=1S/C31H29F3N4O4/c1-17-6-8-18(9-7-17)26-25(28(40)36-4)22-13-20(27(38-29(22)42-26)37-16-31(32,33)34)19-10-11-24(41-5)21(12-19)23(39)14-30(2,3)15-35/h6-13H,14,16H2,1-5H3,(H,36,40)(H,37,38). The van der Waals surface area contributed by atoms with Crippen molar-refractivity contribution in [2.24, 2.45) is 5.41 Å². The molecule has 0 aliphatic rings. The van der Waals surface area contributed by atoms with Gasteiger partial charge in [0.05, 0.1) is 35.1 Å². The smallest absolute Gasteiger partial charge is 0.405 e. The maximum atomic E-state index is 13.3. The molecule has 4 rings (SSSR count). The van der Waals surface area contributed by atoms with E-state index in [1.165, 1.54) is 32.4 Å². The Morgan fingerprint density at radius 3 is 2.33 bits per heavy atom. The number of methoxy groups -OCH3 is 1. The van der Waals surface area contributed by atoms with Crippen LogP contribution in [0.1, 0.15) is 46.5 Å². The number of hydrogen-bond donors (Lipinski definition) is 2. The fourth-order valence-electron chi connectivity index (χ4n) is 4.45. The van der Waals surface area contributed by atoms with E-state index in [0.29, 0.717) is 11.1 Å². The average molecular weight is 579 g/mol. The molecule has 0 unspecified atom stereocenters. The highest BCUT2D eigenvalue weighted by atomic mass is 19.4. The summed E-state index contributed by atoms with van der Waals surface area (Å²) in [6.07, 6.45) is -4.66. The third-order valence-corrected chi connectivity index (χ3v) is 6.62. The number of ketones is 1. The number of aryl methyl sites for hydroxylation is 1. The number of nitrogens with one attached hydrogen (secondary N) is 2. The molecule has 11 heteroatoms. The van der Waals surface area contributed by atoms with Gasteiger partial charge in [-0.2, -0.15) is 23.4 Å². The minimum absolute atomic E-state index is 0.0434. The van der Waals surface area contributed by atoms with Gasteiger partial charge >= 0.3 is 6.18 Å². The summed E-state index contributed by atoms with van der Waals surface area (Å²) in [6, 6.07) is 15.4. The summed E-state index contributed by atoms with van der Waals surface area (Å²) in [5, 5.41) is 14.6. The van der Waals surface area contributed by atoms with Crippen molar-refractivity contribution in [1.29, 1.82) is 5.26 Å². The Morgan fingerprint density at radius 2 is 1.74 bits per heavy atom. The van der Waals surface area contributed by atoms with Gasteiger partial charge in [-0.25, -0.2) is 0 Å². The fourth-order valence-corrected chi connectivity index (χ4v) is 4.45. The first-order valence-corrected chi connectivity index (χ1v) is 13.0. The van der Waals surface area contributed by atoms with Gasteiger partial charge in [-0.3, -0.25) is 9.59 Å². The lowest BCUT2D eigenvalue weighted by Crippen LogP contribution is -2.22. The van der Waals surface area contributed by atoms with Crippen molar-refractivity contribution >= 4 is 28.6 Å². The lowest BCUT2D eigenvalue weighted by molar-refractivity contribution is -0.115. The molecule has 8 nitrogen and oxygen atoms in total. The van der Waals surface area contributed by atoms with Crippen LogP contribution in [0.2, 0.25) is 0 Å². The van der Waals surface area contributed by atoms with E-state index in [1.54, 1.807) is 32.0 Å². The van der Waals surface area contributed by atoms with Crippen LogP contribution < -0.4 is 15.4 Å². The highest BCUT2D eigenvalue weighted by Crippen LogP contribution is 2.39. The Hall–Kier alpha value is -4.85. The summed E-state index contributed by atoms with van der Waals surface area (Å²) in [5.41, 5.74) is 1.42. The number of nitriles is 1. The molecule has 0 saturated heterocycles. The number of ether oxygens (including phenoxy) is 1. The molecule has 0 fully saturated rings. The number of rotatable bonds is 9. The second-order valence-electron chi connectivity index (χ2n) is 10.5. The number of aromatic nitrogens is 1. The predicted octanol–water partition coefficient (Wildman–Crippen LogP) is 6.94. The van der Waals surface area contributed by atoms with Gasteiger partial charge < -0.3 is 19.8 Å². The van der Waals surface area contributed by atoms with Gasteiger partial charge in [0.25, 0.3) is 5.91 Å². The molecule has 0 aliphatic carbocycles. The number of Topliss-reactive ketones (excluding diaryl/α,β-unsaturated/α-hetero) is 1. The SMILES string of the molecule is CNC(=O)c1c(-c2ccc(C)cc2)oc2nc(NCC(F)(F)F)c(-c3ccc(OC)c(C(=O)CC(C)(C)C#N)c3)cc12. The van der Waals surface area contributed by atoms with E-state index >= 15 is 0 Å². The zero-order chi connectivity index (χ0) is 30.8. The first-order valence-electron chi connectivity index (χ1n) is 13.0. The van der Waals surface area contributed by atoms with Gasteiger partial charge in [0, 0.05) is 24.6 Å². The molecule has 0 atom stereocenters. The van der Waals surface area contributed by atoms with Gasteiger partial charge in [0.15, 0.2) is 5.78 Å². The number of amides is 1. The van der Waals surface area contributed by atoms with Crippen molar-refractivity contribution in [2.45, 2.75) is 33.4 Å². The average Bonchev–Trinajstić information content (AvgIpc) is 3.32. The molecule has 1 amide bonds. The van der Waals surface area contributed by atoms with Gasteiger partial charge in [0.1, 0.15) is 23.9 Å². The van der Waals surface area contributed by atoms with E-state index in [0.717, 1.165) is 5.56 Å². The van der Waals surface area contributed by atoms with Crippen LogP contribution in [0, 0.1) is 23.7 Å². The minimum Gasteiger partial charge on any atom is -0.496 e. The summed E-state index contributed by atoms with van der Waals surface area (Å²) in [5.74, 6) is -0.562. The van der Waals surface area contributed by atoms with Crippen LogP contribution in [0.5, 0.6) is 5.75 Å². The van der Waals surface area contributed by atoms with Gasteiger partial charge in [-0.15, -0.1) is 0 Å². The van der Waals surface area contributed by atoms with Crippen LogP contribution in [0.15, 0.2) is 52.9 Å². The Kier molecular flexibility index (Phi) is 8.29. The molecule has 4 aromatic rings. The second kappa shape index (κ2) is 11.6. The zero-order valence-electron chi connectivity index (χ0n) is 23.7. The number of anilines is 1. The van der Waals surface area contributed by atoms with Crippen LogP contribution >= 0.6 is 0 Å². The maximum Gasteiger partial charge on any atom is 0.405 e. The number of hydrogen-bond acceptors (Lipinski definition) is 7. The van der Waals surface area contributed by atoms with E-state index in [2.05, 4.69) is 21.7 Å². The monoisotopic (exact) mass is 578 g/mol. The number of benzene rings is 2. The summed E-state index contributed by atoms with van der Waals surface area (Å²) >= 11 is 0. The summed E-state index contributed by atoms with van der Waals surface area (Å²) in [4.78, 5) is 30.7. The molecule has 2 aromatic carbocycles. The molecule has 2 aromatic heterocycles. The zero-order valence-corrected chi connectivity index (χ0v) is 23.7. The molecule has 0 saturated carbocycles. The number of alkyl halides is 3. The van der Waals surface area contributed by atoms with Gasteiger partial charge in [0.2, 0.25) is 5.71 Å². The fraction of sp³-hybridized carbons (Fsp3) is 0.290. The van der Waals surface area contributed by atoms with Gasteiger partial charge in [-0.05, 0) is 44.5 Å². The van der Waals surface area contributed by atoms with Crippen LogP contribution in [0.4, 0.5) is 19.0 Å². The quantitative estimate of drug-likeness (QED) is 0.207. The maximum absolute atomic E-state index is 13.3. The second-order valence-corrected chi connectivity index (χ2v) is 10.5. The van der Waals surface area contributed by atoms with E-state index in [1.807, 2.05) is 19.1 Å². The minimum atomic E-state index is -4.55. The number of furan rings is 1. The largest absolute Gasteiger partial charge is 0.496 e.